The van der Waals surface area contributed by atoms with Crippen molar-refractivity contribution < 1.29 is 19.0 Å². The molecule has 0 aliphatic carbocycles. The molecule has 1 amide bonds. The molecule has 1 aliphatic heterocycles. The van der Waals surface area contributed by atoms with Gasteiger partial charge in [0.05, 0.1) is 24.3 Å². The Bertz CT molecular complexity index is 473. The summed E-state index contributed by atoms with van der Waals surface area (Å²) < 4.78 is 18.2. The average Bonchev–Trinajstić information content (AvgIpc) is 2.27. The van der Waals surface area contributed by atoms with E-state index in [-0.39, 0.29) is 17.2 Å². The second-order valence-corrected chi connectivity index (χ2v) is 4.98. The monoisotopic (exact) mass is 253 g/mol. The molecule has 1 fully saturated rings. The fourth-order valence-corrected chi connectivity index (χ4v) is 2.07. The number of phenolic OH excluding ortho intramolecular Hbond substituents is 1. The maximum atomic E-state index is 12.9. The third-order valence-corrected chi connectivity index (χ3v) is 3.08. The van der Waals surface area contributed by atoms with Crippen LogP contribution in [0, 0.1) is 5.82 Å². The summed E-state index contributed by atoms with van der Waals surface area (Å²) >= 11 is 0. The SMILES string of the molecule is CC1(C)COCCN1C(=O)c1ccc(F)cc1O. The van der Waals surface area contributed by atoms with Gasteiger partial charge < -0.3 is 14.7 Å². The summed E-state index contributed by atoms with van der Waals surface area (Å²) in [5.74, 6) is -1.20. The van der Waals surface area contributed by atoms with E-state index in [1.54, 1.807) is 4.90 Å². The maximum absolute atomic E-state index is 12.9. The summed E-state index contributed by atoms with van der Waals surface area (Å²) in [6.45, 7) is 5.16. The number of benzene rings is 1. The molecule has 0 atom stereocenters. The molecule has 0 spiro atoms. The normalized spacial score (nSPS) is 18.7. The third-order valence-electron chi connectivity index (χ3n) is 3.08. The molecule has 0 bridgehead atoms. The Balaban J connectivity index is 2.30. The van der Waals surface area contributed by atoms with Crippen molar-refractivity contribution in [2.45, 2.75) is 19.4 Å². The standard InChI is InChI=1S/C13H16FNO3/c1-13(2)8-18-6-5-15(13)12(17)10-4-3-9(14)7-11(10)16/h3-4,7,16H,5-6,8H2,1-2H3. The van der Waals surface area contributed by atoms with E-state index >= 15 is 0 Å². The Labute approximate surface area is 105 Å². The van der Waals surface area contributed by atoms with Gasteiger partial charge >= 0.3 is 0 Å². The van der Waals surface area contributed by atoms with E-state index < -0.39 is 11.4 Å². The molecule has 1 aliphatic rings. The van der Waals surface area contributed by atoms with Crippen LogP contribution in [-0.4, -0.2) is 41.2 Å². The van der Waals surface area contributed by atoms with E-state index in [1.807, 2.05) is 13.8 Å². The number of rotatable bonds is 1. The topological polar surface area (TPSA) is 49.8 Å². The highest BCUT2D eigenvalue weighted by Gasteiger charge is 2.35. The number of amides is 1. The lowest BCUT2D eigenvalue weighted by Gasteiger charge is -2.42. The summed E-state index contributed by atoms with van der Waals surface area (Å²) in [5, 5.41) is 9.64. The van der Waals surface area contributed by atoms with E-state index in [0.29, 0.717) is 19.8 Å². The lowest BCUT2D eigenvalue weighted by molar-refractivity contribution is -0.0371. The summed E-state index contributed by atoms with van der Waals surface area (Å²) in [6, 6.07) is 3.42. The lowest BCUT2D eigenvalue weighted by Crippen LogP contribution is -2.55. The molecule has 0 aromatic heterocycles. The van der Waals surface area contributed by atoms with Crippen LogP contribution in [0.2, 0.25) is 0 Å². The van der Waals surface area contributed by atoms with Crippen LogP contribution < -0.4 is 0 Å². The van der Waals surface area contributed by atoms with Crippen LogP contribution in [0.4, 0.5) is 4.39 Å². The third kappa shape index (κ3) is 2.31. The molecule has 1 aromatic rings. The van der Waals surface area contributed by atoms with Gasteiger partial charge in [-0.25, -0.2) is 4.39 Å². The smallest absolute Gasteiger partial charge is 0.258 e. The van der Waals surface area contributed by atoms with Gasteiger partial charge in [-0.1, -0.05) is 0 Å². The van der Waals surface area contributed by atoms with Crippen molar-refractivity contribution in [2.24, 2.45) is 0 Å². The van der Waals surface area contributed by atoms with E-state index in [4.69, 9.17) is 4.74 Å². The van der Waals surface area contributed by atoms with Crippen LogP contribution >= 0.6 is 0 Å². The molecule has 4 nitrogen and oxygen atoms in total. The Morgan fingerprint density at radius 1 is 1.50 bits per heavy atom. The average molecular weight is 253 g/mol. The van der Waals surface area contributed by atoms with Gasteiger partial charge in [0.2, 0.25) is 0 Å². The van der Waals surface area contributed by atoms with Crippen LogP contribution in [0.3, 0.4) is 0 Å². The van der Waals surface area contributed by atoms with Gasteiger partial charge in [0.1, 0.15) is 11.6 Å². The van der Waals surface area contributed by atoms with Crippen LogP contribution in [0.25, 0.3) is 0 Å². The van der Waals surface area contributed by atoms with Crippen molar-refractivity contribution in [1.82, 2.24) is 4.90 Å². The van der Waals surface area contributed by atoms with Crippen LogP contribution in [-0.2, 0) is 4.74 Å². The van der Waals surface area contributed by atoms with Crippen molar-refractivity contribution in [3.05, 3.63) is 29.6 Å². The molecule has 98 valence electrons. The first-order chi connectivity index (χ1) is 8.42. The Morgan fingerprint density at radius 2 is 2.22 bits per heavy atom. The number of carbonyl (C=O) groups is 1. The van der Waals surface area contributed by atoms with Gasteiger partial charge in [0.15, 0.2) is 0 Å². The molecule has 2 rings (SSSR count). The second kappa shape index (κ2) is 4.57. The molecule has 0 saturated carbocycles. The van der Waals surface area contributed by atoms with Crippen molar-refractivity contribution in [1.29, 1.82) is 0 Å². The van der Waals surface area contributed by atoms with Crippen molar-refractivity contribution >= 4 is 5.91 Å². The van der Waals surface area contributed by atoms with Gasteiger partial charge in [0, 0.05) is 12.6 Å². The number of morpholine rings is 1. The van der Waals surface area contributed by atoms with Crippen LogP contribution in [0.5, 0.6) is 5.75 Å². The number of carbonyl (C=O) groups excluding carboxylic acids is 1. The zero-order valence-electron chi connectivity index (χ0n) is 10.4. The number of aromatic hydroxyl groups is 1. The number of ether oxygens (including phenoxy) is 1. The first-order valence-electron chi connectivity index (χ1n) is 5.80. The lowest BCUT2D eigenvalue weighted by atomic mass is 10.0. The fraction of sp³-hybridized carbons (Fsp3) is 0.462. The van der Waals surface area contributed by atoms with E-state index in [9.17, 15) is 14.3 Å². The van der Waals surface area contributed by atoms with Crippen molar-refractivity contribution in [2.75, 3.05) is 19.8 Å². The second-order valence-electron chi connectivity index (χ2n) is 4.98. The van der Waals surface area contributed by atoms with E-state index in [2.05, 4.69) is 0 Å². The van der Waals surface area contributed by atoms with Gasteiger partial charge in [0.25, 0.3) is 5.91 Å². The minimum Gasteiger partial charge on any atom is -0.507 e. The summed E-state index contributed by atoms with van der Waals surface area (Å²) in [7, 11) is 0. The zero-order valence-corrected chi connectivity index (χ0v) is 10.4. The van der Waals surface area contributed by atoms with Gasteiger partial charge in [-0.05, 0) is 26.0 Å². The summed E-state index contributed by atoms with van der Waals surface area (Å²) in [6.07, 6.45) is 0. The van der Waals surface area contributed by atoms with E-state index in [1.165, 1.54) is 12.1 Å². The molecular formula is C13H16FNO3. The molecule has 1 heterocycles. The summed E-state index contributed by atoms with van der Waals surface area (Å²) in [4.78, 5) is 14.0. The Hall–Kier alpha value is -1.62. The Kier molecular flexibility index (Phi) is 3.26. The van der Waals surface area contributed by atoms with Crippen LogP contribution in [0.15, 0.2) is 18.2 Å². The van der Waals surface area contributed by atoms with E-state index in [0.717, 1.165) is 6.07 Å². The maximum Gasteiger partial charge on any atom is 0.258 e. The number of phenols is 1. The minimum atomic E-state index is -0.565. The van der Waals surface area contributed by atoms with Gasteiger partial charge in [-0.15, -0.1) is 0 Å². The number of hydrogen-bond acceptors (Lipinski definition) is 3. The molecule has 1 N–H and O–H groups in total. The number of halogens is 1. The molecule has 0 radical (unpaired) electrons. The molecule has 1 saturated heterocycles. The predicted molar refractivity (Wildman–Crippen MR) is 64.0 cm³/mol. The molecular weight excluding hydrogens is 237 g/mol. The number of hydrogen-bond donors (Lipinski definition) is 1. The Morgan fingerprint density at radius 3 is 2.83 bits per heavy atom. The number of nitrogens with zero attached hydrogens (tertiary/aromatic N) is 1. The van der Waals surface area contributed by atoms with Gasteiger partial charge in [-0.3, -0.25) is 4.79 Å². The molecule has 5 heteroatoms. The molecule has 1 aromatic carbocycles. The highest BCUT2D eigenvalue weighted by molar-refractivity contribution is 5.97. The molecule has 18 heavy (non-hydrogen) atoms. The zero-order chi connectivity index (χ0) is 13.3. The molecule has 0 unspecified atom stereocenters. The quantitative estimate of drug-likeness (QED) is 0.830. The summed E-state index contributed by atoms with van der Waals surface area (Å²) in [5.41, 5.74) is -0.317. The first kappa shape index (κ1) is 12.8. The first-order valence-corrected chi connectivity index (χ1v) is 5.80. The largest absolute Gasteiger partial charge is 0.507 e. The van der Waals surface area contributed by atoms with Gasteiger partial charge in [-0.2, -0.15) is 0 Å². The highest BCUT2D eigenvalue weighted by Crippen LogP contribution is 2.26. The fourth-order valence-electron chi connectivity index (χ4n) is 2.07. The predicted octanol–water partition coefficient (Wildman–Crippen LogP) is 1.78. The van der Waals surface area contributed by atoms with Crippen LogP contribution in [0.1, 0.15) is 24.2 Å². The highest BCUT2D eigenvalue weighted by atomic mass is 19.1. The van der Waals surface area contributed by atoms with Crippen molar-refractivity contribution in [3.8, 4) is 5.75 Å². The minimum absolute atomic E-state index is 0.117. The van der Waals surface area contributed by atoms with Crippen molar-refractivity contribution in [3.63, 3.8) is 0 Å².